The van der Waals surface area contributed by atoms with Crippen LogP contribution in [0.2, 0.25) is 0 Å². The molecule has 0 saturated heterocycles. The zero-order chi connectivity index (χ0) is 17.5. The van der Waals surface area contributed by atoms with Gasteiger partial charge in [-0.05, 0) is 56.2 Å². The van der Waals surface area contributed by atoms with Crippen molar-refractivity contribution in [2.24, 2.45) is 0 Å². The minimum absolute atomic E-state index is 0.105. The van der Waals surface area contributed by atoms with E-state index >= 15 is 0 Å². The minimum atomic E-state index is -0.401. The Balaban J connectivity index is 2.01. The van der Waals surface area contributed by atoms with Crippen molar-refractivity contribution < 1.29 is 19.1 Å². The summed E-state index contributed by atoms with van der Waals surface area (Å²) in [7, 11) is 0. The van der Waals surface area contributed by atoms with Crippen LogP contribution in [0.4, 0.5) is 5.69 Å². The van der Waals surface area contributed by atoms with Gasteiger partial charge in [-0.2, -0.15) is 0 Å². The van der Waals surface area contributed by atoms with Gasteiger partial charge >= 0.3 is 5.97 Å². The topological polar surface area (TPSA) is 64.6 Å². The van der Waals surface area contributed by atoms with E-state index in [1.54, 1.807) is 38.1 Å². The van der Waals surface area contributed by atoms with E-state index in [1.807, 2.05) is 25.1 Å². The van der Waals surface area contributed by atoms with E-state index in [0.717, 1.165) is 5.56 Å². The van der Waals surface area contributed by atoms with Gasteiger partial charge in [0.05, 0.1) is 12.2 Å². The van der Waals surface area contributed by atoms with Crippen molar-refractivity contribution >= 4 is 17.6 Å². The molecule has 2 rings (SSSR count). The van der Waals surface area contributed by atoms with Crippen LogP contribution in [-0.2, 0) is 9.53 Å². The molecule has 0 heterocycles. The van der Waals surface area contributed by atoms with Gasteiger partial charge < -0.3 is 14.8 Å². The summed E-state index contributed by atoms with van der Waals surface area (Å²) in [6.07, 6.45) is 0. The Morgan fingerprint density at radius 3 is 2.54 bits per heavy atom. The Morgan fingerprint density at radius 2 is 1.83 bits per heavy atom. The van der Waals surface area contributed by atoms with Crippen molar-refractivity contribution in [3.63, 3.8) is 0 Å². The SMILES string of the molecule is CCOC(=O)c1cccc(NC(=O)COc2cccc(C)c2)c1C. The molecule has 2 aromatic rings. The summed E-state index contributed by atoms with van der Waals surface area (Å²) in [6, 6.07) is 12.6. The van der Waals surface area contributed by atoms with E-state index < -0.39 is 5.97 Å². The van der Waals surface area contributed by atoms with Crippen LogP contribution in [0.15, 0.2) is 42.5 Å². The second-order valence-corrected chi connectivity index (χ2v) is 5.35. The van der Waals surface area contributed by atoms with Gasteiger partial charge in [-0.25, -0.2) is 4.79 Å². The van der Waals surface area contributed by atoms with Crippen LogP contribution < -0.4 is 10.1 Å². The molecule has 0 atom stereocenters. The molecule has 0 radical (unpaired) electrons. The molecule has 1 amide bonds. The lowest BCUT2D eigenvalue weighted by atomic mass is 10.1. The maximum absolute atomic E-state index is 12.1. The highest BCUT2D eigenvalue weighted by Gasteiger charge is 2.14. The second-order valence-electron chi connectivity index (χ2n) is 5.35. The molecule has 0 aliphatic carbocycles. The van der Waals surface area contributed by atoms with E-state index in [1.165, 1.54) is 0 Å². The highest BCUT2D eigenvalue weighted by molar-refractivity contribution is 5.97. The van der Waals surface area contributed by atoms with Gasteiger partial charge in [-0.15, -0.1) is 0 Å². The van der Waals surface area contributed by atoms with Crippen molar-refractivity contribution in [2.75, 3.05) is 18.5 Å². The summed E-state index contributed by atoms with van der Waals surface area (Å²) in [5.41, 5.74) is 2.73. The summed E-state index contributed by atoms with van der Waals surface area (Å²) in [4.78, 5) is 24.0. The van der Waals surface area contributed by atoms with Gasteiger partial charge in [0, 0.05) is 5.69 Å². The Hall–Kier alpha value is -2.82. The fraction of sp³-hybridized carbons (Fsp3) is 0.263. The summed E-state index contributed by atoms with van der Waals surface area (Å²) in [5, 5.41) is 2.76. The maximum atomic E-state index is 12.1. The highest BCUT2D eigenvalue weighted by Crippen LogP contribution is 2.20. The first kappa shape index (κ1) is 17.5. The van der Waals surface area contributed by atoms with Gasteiger partial charge in [0.2, 0.25) is 0 Å². The van der Waals surface area contributed by atoms with Gasteiger partial charge in [-0.1, -0.05) is 18.2 Å². The third-order valence-corrected chi connectivity index (χ3v) is 3.46. The predicted octanol–water partition coefficient (Wildman–Crippen LogP) is 3.50. The molecule has 1 N–H and O–H groups in total. The van der Waals surface area contributed by atoms with Crippen molar-refractivity contribution in [1.29, 1.82) is 0 Å². The normalized spacial score (nSPS) is 10.1. The molecule has 0 spiro atoms. The minimum Gasteiger partial charge on any atom is -0.484 e. The van der Waals surface area contributed by atoms with E-state index in [2.05, 4.69) is 5.32 Å². The molecule has 0 unspecified atom stereocenters. The fourth-order valence-electron chi connectivity index (χ4n) is 2.24. The van der Waals surface area contributed by atoms with Crippen molar-refractivity contribution in [1.82, 2.24) is 0 Å². The predicted molar refractivity (Wildman–Crippen MR) is 92.4 cm³/mol. The Morgan fingerprint density at radius 1 is 1.08 bits per heavy atom. The van der Waals surface area contributed by atoms with Crippen LogP contribution in [0.3, 0.4) is 0 Å². The molecular weight excluding hydrogens is 306 g/mol. The smallest absolute Gasteiger partial charge is 0.338 e. The quantitative estimate of drug-likeness (QED) is 0.825. The monoisotopic (exact) mass is 327 g/mol. The molecule has 5 heteroatoms. The van der Waals surface area contributed by atoms with Crippen LogP contribution in [0, 0.1) is 13.8 Å². The Bertz CT molecular complexity index is 740. The molecule has 0 fully saturated rings. The van der Waals surface area contributed by atoms with Gasteiger partial charge in [0.15, 0.2) is 6.61 Å². The lowest BCUT2D eigenvalue weighted by Crippen LogP contribution is -2.21. The lowest BCUT2D eigenvalue weighted by molar-refractivity contribution is -0.118. The molecule has 24 heavy (non-hydrogen) atoms. The summed E-state index contributed by atoms with van der Waals surface area (Å²) >= 11 is 0. The standard InChI is InChI=1S/C19H21NO4/c1-4-23-19(22)16-9-6-10-17(14(16)3)20-18(21)12-24-15-8-5-7-13(2)11-15/h5-11H,4,12H2,1-3H3,(H,20,21). The van der Waals surface area contributed by atoms with E-state index in [-0.39, 0.29) is 12.5 Å². The van der Waals surface area contributed by atoms with Crippen molar-refractivity contribution in [3.05, 3.63) is 59.2 Å². The van der Waals surface area contributed by atoms with Gasteiger partial charge in [0.25, 0.3) is 5.91 Å². The van der Waals surface area contributed by atoms with Crippen molar-refractivity contribution in [2.45, 2.75) is 20.8 Å². The van der Waals surface area contributed by atoms with Crippen LogP contribution in [0.1, 0.15) is 28.4 Å². The molecule has 126 valence electrons. The van der Waals surface area contributed by atoms with Crippen LogP contribution in [0.5, 0.6) is 5.75 Å². The van der Waals surface area contributed by atoms with Gasteiger partial charge in [-0.3, -0.25) is 4.79 Å². The van der Waals surface area contributed by atoms with Crippen LogP contribution in [0.25, 0.3) is 0 Å². The second kappa shape index (κ2) is 8.15. The Kier molecular flexibility index (Phi) is 5.95. The summed E-state index contributed by atoms with van der Waals surface area (Å²) < 4.78 is 10.5. The molecule has 5 nitrogen and oxygen atoms in total. The number of aryl methyl sites for hydroxylation is 1. The lowest BCUT2D eigenvalue weighted by Gasteiger charge is -2.12. The average molecular weight is 327 g/mol. The molecule has 0 saturated carbocycles. The van der Waals surface area contributed by atoms with E-state index in [4.69, 9.17) is 9.47 Å². The molecule has 2 aromatic carbocycles. The number of anilines is 1. The van der Waals surface area contributed by atoms with E-state index in [0.29, 0.717) is 29.2 Å². The summed E-state index contributed by atoms with van der Waals surface area (Å²) in [5.74, 6) is -0.0510. The maximum Gasteiger partial charge on any atom is 0.338 e. The fourth-order valence-corrected chi connectivity index (χ4v) is 2.24. The number of amides is 1. The number of esters is 1. The summed E-state index contributed by atoms with van der Waals surface area (Å²) in [6.45, 7) is 5.67. The first-order valence-corrected chi connectivity index (χ1v) is 7.77. The Labute approximate surface area is 141 Å². The van der Waals surface area contributed by atoms with Crippen LogP contribution in [-0.4, -0.2) is 25.1 Å². The first-order valence-electron chi connectivity index (χ1n) is 7.77. The zero-order valence-corrected chi connectivity index (χ0v) is 14.1. The molecule has 0 aliphatic rings. The molecule has 0 bridgehead atoms. The number of carbonyl (C=O) groups excluding carboxylic acids is 2. The number of carbonyl (C=O) groups is 2. The number of hydrogen-bond donors (Lipinski definition) is 1. The third-order valence-electron chi connectivity index (χ3n) is 3.46. The first-order chi connectivity index (χ1) is 11.5. The number of benzene rings is 2. The number of nitrogens with one attached hydrogen (secondary N) is 1. The molecular formula is C19H21NO4. The van der Waals surface area contributed by atoms with E-state index in [9.17, 15) is 9.59 Å². The molecule has 0 aliphatic heterocycles. The third kappa shape index (κ3) is 4.59. The largest absolute Gasteiger partial charge is 0.484 e. The average Bonchev–Trinajstić information content (AvgIpc) is 2.55. The molecule has 0 aromatic heterocycles. The van der Waals surface area contributed by atoms with Gasteiger partial charge in [0.1, 0.15) is 5.75 Å². The number of ether oxygens (including phenoxy) is 2. The van der Waals surface area contributed by atoms with Crippen molar-refractivity contribution in [3.8, 4) is 5.75 Å². The van der Waals surface area contributed by atoms with Crippen LogP contribution >= 0.6 is 0 Å². The highest BCUT2D eigenvalue weighted by atomic mass is 16.5. The number of hydrogen-bond acceptors (Lipinski definition) is 4. The zero-order valence-electron chi connectivity index (χ0n) is 14.1. The number of rotatable bonds is 6.